The minimum absolute atomic E-state index is 0.186. The predicted molar refractivity (Wildman–Crippen MR) is 156 cm³/mol. The second kappa shape index (κ2) is 13.2. The molecule has 0 bridgehead atoms. The summed E-state index contributed by atoms with van der Waals surface area (Å²) in [6.07, 6.45) is 1.29. The van der Waals surface area contributed by atoms with E-state index in [4.69, 9.17) is 4.74 Å². The van der Waals surface area contributed by atoms with Crippen LogP contribution in [0.15, 0.2) is 81.7 Å². The van der Waals surface area contributed by atoms with Crippen molar-refractivity contribution in [2.75, 3.05) is 6.61 Å². The average Bonchev–Trinajstić information content (AvgIpc) is 2.85. The molecule has 196 valence electrons. The van der Waals surface area contributed by atoms with Gasteiger partial charge in [0, 0.05) is 23.0 Å². The first-order chi connectivity index (χ1) is 17.6. The molecule has 0 heterocycles. The molecule has 2 amide bonds. The number of carbonyl (C=O) groups is 2. The Morgan fingerprint density at radius 3 is 2.16 bits per heavy atom. The molecule has 1 atom stereocenters. The van der Waals surface area contributed by atoms with E-state index in [1.165, 1.54) is 5.56 Å². The van der Waals surface area contributed by atoms with Crippen LogP contribution >= 0.6 is 31.9 Å². The van der Waals surface area contributed by atoms with Gasteiger partial charge in [0.2, 0.25) is 5.91 Å². The van der Waals surface area contributed by atoms with E-state index in [2.05, 4.69) is 44.1 Å². The third-order valence-corrected chi connectivity index (χ3v) is 6.94. The monoisotopic (exact) mass is 628 g/mol. The van der Waals surface area contributed by atoms with Gasteiger partial charge in [0.25, 0.3) is 5.91 Å². The summed E-state index contributed by atoms with van der Waals surface area (Å²) in [4.78, 5) is 28.9. The Kier molecular flexibility index (Phi) is 10.4. The number of ether oxygens (including phenoxy) is 1. The van der Waals surface area contributed by atoms with E-state index in [1.807, 2.05) is 93.6 Å². The largest absolute Gasteiger partial charge is 0.483 e. The highest BCUT2D eigenvalue weighted by atomic mass is 79.9. The van der Waals surface area contributed by atoms with Crippen LogP contribution in [0.1, 0.15) is 44.4 Å². The number of benzene rings is 3. The van der Waals surface area contributed by atoms with Crippen molar-refractivity contribution >= 4 is 43.7 Å². The van der Waals surface area contributed by atoms with E-state index in [0.717, 1.165) is 26.5 Å². The molecule has 7 heteroatoms. The molecule has 0 saturated carbocycles. The maximum absolute atomic E-state index is 13.7. The van der Waals surface area contributed by atoms with Gasteiger partial charge in [-0.3, -0.25) is 9.59 Å². The van der Waals surface area contributed by atoms with Crippen molar-refractivity contribution in [3.05, 3.63) is 98.4 Å². The summed E-state index contributed by atoms with van der Waals surface area (Å²) in [7, 11) is 0. The molecule has 0 spiro atoms. The van der Waals surface area contributed by atoms with Gasteiger partial charge < -0.3 is 15.0 Å². The van der Waals surface area contributed by atoms with Crippen LogP contribution in [0.2, 0.25) is 0 Å². The first-order valence-electron chi connectivity index (χ1n) is 12.4. The molecule has 3 aromatic carbocycles. The van der Waals surface area contributed by atoms with E-state index in [9.17, 15) is 9.59 Å². The number of nitrogens with one attached hydrogen (secondary N) is 1. The van der Waals surface area contributed by atoms with E-state index in [-0.39, 0.29) is 25.0 Å². The lowest BCUT2D eigenvalue weighted by Gasteiger charge is -2.33. The summed E-state index contributed by atoms with van der Waals surface area (Å²) in [5, 5.41) is 3.08. The van der Waals surface area contributed by atoms with Gasteiger partial charge >= 0.3 is 0 Å². The van der Waals surface area contributed by atoms with Crippen LogP contribution in [0.3, 0.4) is 0 Å². The lowest BCUT2D eigenvalue weighted by Crippen LogP contribution is -2.55. The number of hydrogen-bond acceptors (Lipinski definition) is 3. The lowest BCUT2D eigenvalue weighted by molar-refractivity contribution is -0.143. The van der Waals surface area contributed by atoms with Crippen LogP contribution in [0, 0.1) is 0 Å². The van der Waals surface area contributed by atoms with Crippen molar-refractivity contribution in [3.8, 4) is 5.75 Å². The van der Waals surface area contributed by atoms with Crippen LogP contribution < -0.4 is 10.1 Å². The molecule has 0 saturated heterocycles. The number of halogens is 2. The molecule has 0 radical (unpaired) electrons. The maximum atomic E-state index is 13.7. The molecular formula is C30H34Br2N2O3. The summed E-state index contributed by atoms with van der Waals surface area (Å²) in [6, 6.07) is 22.7. The smallest absolute Gasteiger partial charge is 0.261 e. The summed E-state index contributed by atoms with van der Waals surface area (Å²) in [6.45, 7) is 7.99. The number of rotatable bonds is 10. The molecule has 0 unspecified atom stereocenters. The standard InChI is InChI=1S/C30H34Br2N2O3/c1-5-21-13-16-27(25(32)17-21)37-20-28(35)34(19-23-11-14-24(31)15-12-23)26(29(36)33-30(2,3)4)18-22-9-7-6-8-10-22/h6-17,26H,5,18-20H2,1-4H3,(H,33,36)/t26-/m0/s1. The van der Waals surface area contributed by atoms with Crippen LogP contribution in [-0.4, -0.2) is 34.9 Å². The van der Waals surface area contributed by atoms with E-state index in [1.54, 1.807) is 4.90 Å². The van der Waals surface area contributed by atoms with Gasteiger partial charge in [0.15, 0.2) is 6.61 Å². The molecule has 5 nitrogen and oxygen atoms in total. The summed E-state index contributed by atoms with van der Waals surface area (Å²) < 4.78 is 7.68. The quantitative estimate of drug-likeness (QED) is 0.271. The van der Waals surface area contributed by atoms with Crippen molar-refractivity contribution in [1.82, 2.24) is 10.2 Å². The normalized spacial score (nSPS) is 12.1. The second-order valence-electron chi connectivity index (χ2n) is 10.00. The highest BCUT2D eigenvalue weighted by Gasteiger charge is 2.32. The first kappa shape index (κ1) is 28.9. The number of nitrogens with zero attached hydrogens (tertiary/aromatic N) is 1. The molecule has 1 N–H and O–H groups in total. The van der Waals surface area contributed by atoms with Crippen LogP contribution in [0.25, 0.3) is 0 Å². The Bertz CT molecular complexity index is 1190. The summed E-state index contributed by atoms with van der Waals surface area (Å²) in [5.74, 6) is 0.127. The van der Waals surface area contributed by atoms with Crippen molar-refractivity contribution in [3.63, 3.8) is 0 Å². The van der Waals surface area contributed by atoms with Crippen LogP contribution in [0.4, 0.5) is 0 Å². The molecule has 0 aromatic heterocycles. The van der Waals surface area contributed by atoms with E-state index >= 15 is 0 Å². The number of hydrogen-bond donors (Lipinski definition) is 1. The third-order valence-electron chi connectivity index (χ3n) is 5.79. The fraction of sp³-hybridized carbons (Fsp3) is 0.333. The fourth-order valence-electron chi connectivity index (χ4n) is 3.90. The van der Waals surface area contributed by atoms with Crippen LogP contribution in [0.5, 0.6) is 5.75 Å². The Morgan fingerprint density at radius 1 is 0.919 bits per heavy atom. The Balaban J connectivity index is 1.92. The second-order valence-corrected chi connectivity index (χ2v) is 11.8. The molecule has 3 rings (SSSR count). The Labute approximate surface area is 236 Å². The first-order valence-corrected chi connectivity index (χ1v) is 14.0. The minimum atomic E-state index is -0.715. The van der Waals surface area contributed by atoms with Crippen LogP contribution in [-0.2, 0) is 29.0 Å². The number of carbonyl (C=O) groups excluding carboxylic acids is 2. The molecule has 3 aromatic rings. The SMILES string of the molecule is CCc1ccc(OCC(=O)N(Cc2ccc(Br)cc2)[C@@H](Cc2ccccc2)C(=O)NC(C)(C)C)c(Br)c1. The molecule has 37 heavy (non-hydrogen) atoms. The Hall–Kier alpha value is -2.64. The van der Waals surface area contributed by atoms with Crippen molar-refractivity contribution in [1.29, 1.82) is 0 Å². The fourth-order valence-corrected chi connectivity index (χ4v) is 4.70. The molecule has 0 aliphatic carbocycles. The number of amides is 2. The van der Waals surface area contributed by atoms with Crippen molar-refractivity contribution < 1.29 is 14.3 Å². The maximum Gasteiger partial charge on any atom is 0.261 e. The van der Waals surface area contributed by atoms with E-state index < -0.39 is 11.6 Å². The lowest BCUT2D eigenvalue weighted by atomic mass is 10.0. The van der Waals surface area contributed by atoms with Gasteiger partial charge in [0.1, 0.15) is 11.8 Å². The van der Waals surface area contributed by atoms with E-state index in [0.29, 0.717) is 12.2 Å². The van der Waals surface area contributed by atoms with Gasteiger partial charge in [-0.05, 0) is 84.1 Å². The minimum Gasteiger partial charge on any atom is -0.483 e. The number of aryl methyl sites for hydroxylation is 1. The predicted octanol–water partition coefficient (Wildman–Crippen LogP) is 6.71. The third kappa shape index (κ3) is 9.00. The topological polar surface area (TPSA) is 58.6 Å². The van der Waals surface area contributed by atoms with Gasteiger partial charge in [-0.2, -0.15) is 0 Å². The molecule has 0 aliphatic rings. The highest BCUT2D eigenvalue weighted by molar-refractivity contribution is 9.10. The van der Waals surface area contributed by atoms with Gasteiger partial charge in [0.05, 0.1) is 4.47 Å². The highest BCUT2D eigenvalue weighted by Crippen LogP contribution is 2.26. The summed E-state index contributed by atoms with van der Waals surface area (Å²) in [5.41, 5.74) is 2.63. The zero-order valence-electron chi connectivity index (χ0n) is 21.8. The zero-order valence-corrected chi connectivity index (χ0v) is 24.9. The van der Waals surface area contributed by atoms with Crippen molar-refractivity contribution in [2.24, 2.45) is 0 Å². The molecule has 0 aliphatic heterocycles. The van der Waals surface area contributed by atoms with Gasteiger partial charge in [-0.15, -0.1) is 0 Å². The molecular weight excluding hydrogens is 596 g/mol. The average molecular weight is 630 g/mol. The van der Waals surface area contributed by atoms with Crippen molar-refractivity contribution in [2.45, 2.75) is 58.7 Å². The molecule has 0 fully saturated rings. The van der Waals surface area contributed by atoms with Gasteiger partial charge in [-0.25, -0.2) is 0 Å². The summed E-state index contributed by atoms with van der Waals surface area (Å²) >= 11 is 7.02. The Morgan fingerprint density at radius 2 is 1.57 bits per heavy atom. The van der Waals surface area contributed by atoms with Gasteiger partial charge in [-0.1, -0.05) is 71.4 Å². The zero-order chi connectivity index (χ0) is 27.0.